The van der Waals surface area contributed by atoms with Crippen molar-refractivity contribution < 1.29 is 38.2 Å². The van der Waals surface area contributed by atoms with Gasteiger partial charge in [0.25, 0.3) is 11.6 Å². The van der Waals surface area contributed by atoms with Crippen molar-refractivity contribution in [2.45, 2.75) is 44.2 Å². The topological polar surface area (TPSA) is 183 Å². The number of ether oxygens (including phenoxy) is 2. The van der Waals surface area contributed by atoms with E-state index < -0.39 is 23.6 Å². The molecule has 0 saturated heterocycles. The molecule has 1 aliphatic carbocycles. The molecular weight excluding hydrogens is 496 g/mol. The van der Waals surface area contributed by atoms with Gasteiger partial charge in [-0.15, -0.1) is 0 Å². The molecule has 1 aromatic heterocycles. The van der Waals surface area contributed by atoms with Gasteiger partial charge < -0.3 is 24.3 Å². The molecule has 5 N–H and O–H groups in total. The van der Waals surface area contributed by atoms with E-state index in [9.17, 15) is 19.2 Å². The van der Waals surface area contributed by atoms with Crippen LogP contribution in [0.2, 0.25) is 0 Å². The van der Waals surface area contributed by atoms with Crippen LogP contribution in [0.15, 0.2) is 59.2 Å². The van der Waals surface area contributed by atoms with E-state index in [4.69, 9.17) is 24.8 Å². The molecule has 0 spiro atoms. The maximum absolute atomic E-state index is 12.0. The van der Waals surface area contributed by atoms with Gasteiger partial charge in [-0.2, -0.15) is 4.98 Å². The zero-order valence-electron chi connectivity index (χ0n) is 20.6. The smallest absolute Gasteiger partial charge is 0.404 e. The summed E-state index contributed by atoms with van der Waals surface area (Å²) in [4.78, 5) is 49.3. The summed E-state index contributed by atoms with van der Waals surface area (Å²) in [6, 6.07) is 14.9. The van der Waals surface area contributed by atoms with Crippen LogP contribution in [0, 0.1) is 0 Å². The first-order chi connectivity index (χ1) is 18.1. The number of nitrogens with two attached hydrogens (primary N) is 1. The predicted molar refractivity (Wildman–Crippen MR) is 132 cm³/mol. The summed E-state index contributed by atoms with van der Waals surface area (Å²) in [5, 5.41) is 11.2. The standard InChI is InChI=1S/C26H26N4O8/c1-26(2,14-3-7-17(8-4-14)37-19-11-16(12-19)28-24(34)35)15-5-9-18(10-6-15)38-25-29-20(13-36-25)21(31)22(32)23(33)30-27/h3-10,13,16,19,28H,11-12,27H2,1-2H3,(H,30,33)(H,34,35)/t16-,19-. The Bertz CT molecular complexity index is 1340. The summed E-state index contributed by atoms with van der Waals surface area (Å²) in [6.45, 7) is 4.15. The fraction of sp³-hybridized carbons (Fsp3) is 0.269. The Kier molecular flexibility index (Phi) is 7.44. The maximum Gasteiger partial charge on any atom is 0.404 e. The highest BCUT2D eigenvalue weighted by Gasteiger charge is 2.32. The van der Waals surface area contributed by atoms with Gasteiger partial charge in [-0.3, -0.25) is 19.8 Å². The van der Waals surface area contributed by atoms with E-state index in [1.54, 1.807) is 17.6 Å². The van der Waals surface area contributed by atoms with Crippen LogP contribution in [0.3, 0.4) is 0 Å². The zero-order chi connectivity index (χ0) is 27.4. The molecule has 1 fully saturated rings. The zero-order valence-corrected chi connectivity index (χ0v) is 20.6. The molecule has 1 heterocycles. The second-order valence-electron chi connectivity index (χ2n) is 9.26. The lowest BCUT2D eigenvalue weighted by atomic mass is 9.78. The van der Waals surface area contributed by atoms with Gasteiger partial charge in [0.15, 0.2) is 5.69 Å². The molecule has 198 valence electrons. The molecule has 12 heteroatoms. The highest BCUT2D eigenvalue weighted by atomic mass is 16.6. The van der Waals surface area contributed by atoms with Gasteiger partial charge in [-0.05, 0) is 35.4 Å². The highest BCUT2D eigenvalue weighted by molar-refractivity contribution is 6.66. The number of amides is 2. The van der Waals surface area contributed by atoms with E-state index in [-0.39, 0.29) is 29.3 Å². The van der Waals surface area contributed by atoms with Gasteiger partial charge in [0.05, 0.1) is 0 Å². The number of Topliss-reactive ketones (excluding diaryl/α,β-unsaturated/α-hetero) is 2. The summed E-state index contributed by atoms with van der Waals surface area (Å²) in [5.41, 5.74) is 2.91. The fourth-order valence-electron chi connectivity index (χ4n) is 4.00. The van der Waals surface area contributed by atoms with Crippen LogP contribution in [0.4, 0.5) is 4.79 Å². The minimum atomic E-state index is -1.37. The van der Waals surface area contributed by atoms with E-state index in [1.165, 1.54) is 0 Å². The molecule has 2 amide bonds. The number of benzene rings is 2. The highest BCUT2D eigenvalue weighted by Crippen LogP contribution is 2.35. The second kappa shape index (κ2) is 10.7. The Morgan fingerprint density at radius 3 is 2.13 bits per heavy atom. The number of hydrogen-bond acceptors (Lipinski definition) is 9. The van der Waals surface area contributed by atoms with Gasteiger partial charge in [0, 0.05) is 24.3 Å². The lowest BCUT2D eigenvalue weighted by molar-refractivity contribution is -0.135. The molecule has 3 aromatic rings. The molecule has 12 nitrogen and oxygen atoms in total. The number of carboxylic acid groups (broad SMARTS) is 1. The van der Waals surface area contributed by atoms with Crippen molar-refractivity contribution in [3.8, 4) is 17.6 Å². The summed E-state index contributed by atoms with van der Waals surface area (Å²) in [5.74, 6) is 2.16. The largest absolute Gasteiger partial charge is 0.490 e. The molecule has 1 saturated carbocycles. The first-order valence-electron chi connectivity index (χ1n) is 11.7. The van der Waals surface area contributed by atoms with Gasteiger partial charge >= 0.3 is 18.1 Å². The number of nitrogens with zero attached hydrogens (tertiary/aromatic N) is 1. The van der Waals surface area contributed by atoms with Crippen LogP contribution in [0.25, 0.3) is 0 Å². The third-order valence-electron chi connectivity index (χ3n) is 6.34. The Balaban J connectivity index is 1.36. The predicted octanol–water partition coefficient (Wildman–Crippen LogP) is 2.71. The van der Waals surface area contributed by atoms with E-state index in [1.807, 2.05) is 36.4 Å². The Labute approximate surface area is 217 Å². The number of carbonyl (C=O) groups excluding carboxylic acids is 3. The quantitative estimate of drug-likeness (QED) is 0.0771. The number of hydrazine groups is 1. The number of hydrogen-bond donors (Lipinski definition) is 4. The summed E-state index contributed by atoms with van der Waals surface area (Å²) >= 11 is 0. The molecule has 2 aromatic carbocycles. The Morgan fingerprint density at radius 2 is 1.58 bits per heavy atom. The molecule has 0 bridgehead atoms. The normalized spacial score (nSPS) is 16.6. The Hall–Kier alpha value is -4.71. The maximum atomic E-state index is 12.0. The third-order valence-corrected chi connectivity index (χ3v) is 6.34. The summed E-state index contributed by atoms with van der Waals surface area (Å²) in [7, 11) is 0. The summed E-state index contributed by atoms with van der Waals surface area (Å²) in [6.07, 6.45) is 0.896. The molecule has 0 atom stereocenters. The average molecular weight is 523 g/mol. The van der Waals surface area contributed by atoms with Crippen LogP contribution in [-0.4, -0.2) is 45.8 Å². The van der Waals surface area contributed by atoms with Gasteiger partial charge in [0.1, 0.15) is 23.9 Å². The Morgan fingerprint density at radius 1 is 1.00 bits per heavy atom. The van der Waals surface area contributed by atoms with Crippen molar-refractivity contribution in [3.05, 3.63) is 71.6 Å². The molecule has 38 heavy (non-hydrogen) atoms. The molecule has 0 unspecified atom stereocenters. The van der Waals surface area contributed by atoms with Crippen LogP contribution in [0.5, 0.6) is 17.6 Å². The molecular formula is C26H26N4O8. The van der Waals surface area contributed by atoms with Crippen LogP contribution in [0.1, 0.15) is 48.3 Å². The van der Waals surface area contributed by atoms with Gasteiger partial charge in [0.2, 0.25) is 0 Å². The van der Waals surface area contributed by atoms with E-state index in [2.05, 4.69) is 24.1 Å². The first-order valence-corrected chi connectivity index (χ1v) is 11.7. The van der Waals surface area contributed by atoms with Crippen molar-refractivity contribution in [1.82, 2.24) is 15.7 Å². The fourth-order valence-corrected chi connectivity index (χ4v) is 4.00. The van der Waals surface area contributed by atoms with Crippen LogP contribution in [-0.2, 0) is 15.0 Å². The lowest BCUT2D eigenvalue weighted by Gasteiger charge is -2.35. The summed E-state index contributed by atoms with van der Waals surface area (Å²) < 4.78 is 16.5. The van der Waals surface area contributed by atoms with E-state index >= 15 is 0 Å². The number of nitrogens with one attached hydrogen (secondary N) is 2. The number of ketones is 2. The van der Waals surface area contributed by atoms with Crippen molar-refractivity contribution in [3.63, 3.8) is 0 Å². The third kappa shape index (κ3) is 5.81. The van der Waals surface area contributed by atoms with Crippen molar-refractivity contribution >= 4 is 23.6 Å². The van der Waals surface area contributed by atoms with Crippen LogP contribution < -0.4 is 26.1 Å². The second-order valence-corrected chi connectivity index (χ2v) is 9.26. The number of aromatic nitrogens is 1. The van der Waals surface area contributed by atoms with Crippen molar-refractivity contribution in [2.75, 3.05) is 0 Å². The SMILES string of the molecule is CC(C)(c1ccc(Oc2nc(C(=O)C(=O)C(=O)NN)co2)cc1)c1ccc(O[C@H]2C[C@H](NC(=O)O)C2)cc1. The minimum Gasteiger partial charge on any atom is -0.490 e. The average Bonchev–Trinajstić information content (AvgIpc) is 3.35. The first kappa shape index (κ1) is 26.4. The van der Waals surface area contributed by atoms with Crippen LogP contribution >= 0.6 is 0 Å². The minimum absolute atomic E-state index is 0.0120. The number of rotatable bonds is 10. The molecule has 0 aliphatic heterocycles. The van der Waals surface area contributed by atoms with Crippen molar-refractivity contribution in [1.29, 1.82) is 0 Å². The van der Waals surface area contributed by atoms with Crippen molar-refractivity contribution in [2.24, 2.45) is 5.84 Å². The van der Waals surface area contributed by atoms with Gasteiger partial charge in [-0.1, -0.05) is 38.1 Å². The lowest BCUT2D eigenvalue weighted by Crippen LogP contribution is -2.48. The number of carbonyl (C=O) groups is 4. The van der Waals surface area contributed by atoms with Gasteiger partial charge in [-0.25, -0.2) is 10.6 Å². The molecule has 0 radical (unpaired) electrons. The van der Waals surface area contributed by atoms with E-state index in [0.717, 1.165) is 23.1 Å². The molecule has 4 rings (SSSR count). The number of oxazole rings is 1. The van der Waals surface area contributed by atoms with E-state index in [0.29, 0.717) is 18.6 Å². The molecule has 1 aliphatic rings. The monoisotopic (exact) mass is 522 g/mol.